The van der Waals surface area contributed by atoms with E-state index in [9.17, 15) is 4.79 Å². The molecule has 0 unspecified atom stereocenters. The lowest BCUT2D eigenvalue weighted by Crippen LogP contribution is -2.03. The van der Waals surface area contributed by atoms with E-state index in [2.05, 4.69) is 30.6 Å². The van der Waals surface area contributed by atoms with Crippen LogP contribution >= 0.6 is 23.2 Å². The summed E-state index contributed by atoms with van der Waals surface area (Å²) in [5.74, 6) is 0.349. The Morgan fingerprint density at radius 1 is 1.00 bits per heavy atom. The van der Waals surface area contributed by atoms with Crippen LogP contribution in [0.4, 0.5) is 23.1 Å². The Morgan fingerprint density at radius 2 is 1.69 bits per heavy atom. The minimum absolute atomic E-state index is 0.286. The molecular formula is C17H13Cl2N5O2. The van der Waals surface area contributed by atoms with E-state index in [0.717, 1.165) is 0 Å². The number of esters is 1. The molecule has 2 aromatic carbocycles. The van der Waals surface area contributed by atoms with Crippen LogP contribution in [-0.4, -0.2) is 28.3 Å². The van der Waals surface area contributed by atoms with Crippen LogP contribution in [0.25, 0.3) is 0 Å². The Hall–Kier alpha value is -2.90. The molecule has 0 aliphatic rings. The molecule has 7 nitrogen and oxygen atoms in total. The minimum Gasteiger partial charge on any atom is -0.465 e. The number of halogens is 2. The van der Waals surface area contributed by atoms with E-state index in [4.69, 9.17) is 23.2 Å². The van der Waals surface area contributed by atoms with E-state index in [1.165, 1.54) is 13.3 Å². The topological polar surface area (TPSA) is 89.0 Å². The minimum atomic E-state index is -0.402. The summed E-state index contributed by atoms with van der Waals surface area (Å²) in [6.07, 6.45) is 1.47. The average molecular weight is 390 g/mol. The van der Waals surface area contributed by atoms with Gasteiger partial charge in [0, 0.05) is 21.4 Å². The first-order valence-electron chi connectivity index (χ1n) is 7.42. The molecule has 3 aromatic rings. The number of methoxy groups -OCH3 is 1. The van der Waals surface area contributed by atoms with Gasteiger partial charge in [0.05, 0.1) is 18.9 Å². The van der Waals surface area contributed by atoms with Gasteiger partial charge in [-0.05, 0) is 42.5 Å². The lowest BCUT2D eigenvalue weighted by atomic mass is 10.2. The summed E-state index contributed by atoms with van der Waals surface area (Å²) in [5.41, 5.74) is 1.82. The first-order chi connectivity index (χ1) is 12.5. The maximum Gasteiger partial charge on any atom is 0.337 e. The Labute approximate surface area is 159 Å². The van der Waals surface area contributed by atoms with Crippen LogP contribution in [0.2, 0.25) is 10.0 Å². The molecule has 0 aliphatic carbocycles. The third kappa shape index (κ3) is 4.59. The number of rotatable bonds is 5. The normalized spacial score (nSPS) is 10.3. The summed E-state index contributed by atoms with van der Waals surface area (Å²) in [6, 6.07) is 11.8. The van der Waals surface area contributed by atoms with Crippen LogP contribution in [0.1, 0.15) is 10.4 Å². The van der Waals surface area contributed by atoms with Gasteiger partial charge in [-0.25, -0.2) is 4.79 Å². The fourth-order valence-corrected chi connectivity index (χ4v) is 2.65. The zero-order valence-electron chi connectivity index (χ0n) is 13.5. The van der Waals surface area contributed by atoms with E-state index in [1.54, 1.807) is 42.5 Å². The molecule has 132 valence electrons. The number of hydrogen-bond donors (Lipinski definition) is 2. The molecule has 3 rings (SSSR count). The molecule has 1 aromatic heterocycles. The summed E-state index contributed by atoms with van der Waals surface area (Å²) in [5, 5.41) is 14.9. The van der Waals surface area contributed by atoms with Crippen molar-refractivity contribution in [1.29, 1.82) is 0 Å². The maximum atomic E-state index is 11.4. The van der Waals surface area contributed by atoms with Crippen molar-refractivity contribution in [3.8, 4) is 0 Å². The third-order valence-electron chi connectivity index (χ3n) is 3.26. The predicted molar refractivity (Wildman–Crippen MR) is 101 cm³/mol. The highest BCUT2D eigenvalue weighted by molar-refractivity contribution is 6.35. The molecule has 0 radical (unpaired) electrons. The Balaban J connectivity index is 1.74. The summed E-state index contributed by atoms with van der Waals surface area (Å²) in [7, 11) is 1.33. The van der Waals surface area contributed by atoms with Crippen molar-refractivity contribution in [2.24, 2.45) is 0 Å². The standard InChI is InChI=1S/C17H13Cl2N5O2/c1-26-16(25)10-2-4-13(5-3-10)22-17-23-15(9-20-24-17)21-14-7-11(18)6-12(19)8-14/h2-9H,1H3,(H2,21,22,23,24). The summed E-state index contributed by atoms with van der Waals surface area (Å²) in [6.45, 7) is 0. The molecule has 26 heavy (non-hydrogen) atoms. The molecule has 2 N–H and O–H groups in total. The molecule has 0 spiro atoms. The van der Waals surface area contributed by atoms with Crippen molar-refractivity contribution in [3.05, 3.63) is 64.3 Å². The highest BCUT2D eigenvalue weighted by atomic mass is 35.5. The van der Waals surface area contributed by atoms with E-state index in [1.807, 2.05) is 0 Å². The first-order valence-corrected chi connectivity index (χ1v) is 8.17. The van der Waals surface area contributed by atoms with Crippen molar-refractivity contribution >= 4 is 52.3 Å². The van der Waals surface area contributed by atoms with Crippen molar-refractivity contribution in [1.82, 2.24) is 15.2 Å². The number of nitrogens with zero attached hydrogens (tertiary/aromatic N) is 3. The number of anilines is 4. The van der Waals surface area contributed by atoms with E-state index in [0.29, 0.717) is 32.8 Å². The average Bonchev–Trinajstić information content (AvgIpc) is 2.61. The highest BCUT2D eigenvalue weighted by Gasteiger charge is 2.06. The number of carbonyl (C=O) groups is 1. The number of hydrogen-bond acceptors (Lipinski definition) is 7. The third-order valence-corrected chi connectivity index (χ3v) is 3.69. The van der Waals surface area contributed by atoms with E-state index >= 15 is 0 Å². The van der Waals surface area contributed by atoms with E-state index in [-0.39, 0.29) is 5.95 Å². The molecule has 0 aliphatic heterocycles. The second-order valence-corrected chi connectivity index (χ2v) is 6.02. The Morgan fingerprint density at radius 3 is 2.35 bits per heavy atom. The number of aromatic nitrogens is 3. The number of carbonyl (C=O) groups excluding carboxylic acids is 1. The molecular weight excluding hydrogens is 377 g/mol. The fraction of sp³-hybridized carbons (Fsp3) is 0.0588. The molecule has 9 heteroatoms. The van der Waals surface area contributed by atoms with Crippen molar-refractivity contribution < 1.29 is 9.53 Å². The first kappa shape index (κ1) is 17.9. The van der Waals surface area contributed by atoms with Crippen LogP contribution in [0, 0.1) is 0 Å². The van der Waals surface area contributed by atoms with E-state index < -0.39 is 5.97 Å². The maximum absolute atomic E-state index is 11.4. The summed E-state index contributed by atoms with van der Waals surface area (Å²) >= 11 is 12.0. The highest BCUT2D eigenvalue weighted by Crippen LogP contribution is 2.24. The molecule has 1 heterocycles. The lowest BCUT2D eigenvalue weighted by Gasteiger charge is -2.09. The zero-order chi connectivity index (χ0) is 18.5. The van der Waals surface area contributed by atoms with Gasteiger partial charge < -0.3 is 15.4 Å². The van der Waals surface area contributed by atoms with Crippen LogP contribution < -0.4 is 10.6 Å². The molecule has 0 atom stereocenters. The monoisotopic (exact) mass is 389 g/mol. The van der Waals surface area contributed by atoms with Gasteiger partial charge in [-0.2, -0.15) is 10.1 Å². The van der Waals surface area contributed by atoms with Gasteiger partial charge in [0.25, 0.3) is 0 Å². The van der Waals surface area contributed by atoms with Crippen LogP contribution in [0.5, 0.6) is 0 Å². The zero-order valence-corrected chi connectivity index (χ0v) is 15.0. The van der Waals surface area contributed by atoms with Gasteiger partial charge in [0.15, 0.2) is 5.82 Å². The molecule has 0 saturated carbocycles. The molecule has 0 amide bonds. The van der Waals surface area contributed by atoms with Gasteiger partial charge in [0.2, 0.25) is 5.95 Å². The van der Waals surface area contributed by atoms with Crippen LogP contribution in [0.3, 0.4) is 0 Å². The van der Waals surface area contributed by atoms with Gasteiger partial charge in [-0.15, -0.1) is 5.10 Å². The Kier molecular flexibility index (Phi) is 5.50. The van der Waals surface area contributed by atoms with Gasteiger partial charge in [0.1, 0.15) is 0 Å². The van der Waals surface area contributed by atoms with Crippen LogP contribution in [-0.2, 0) is 4.74 Å². The van der Waals surface area contributed by atoms with Gasteiger partial charge >= 0.3 is 5.97 Å². The molecule has 0 saturated heterocycles. The van der Waals surface area contributed by atoms with Crippen molar-refractivity contribution in [3.63, 3.8) is 0 Å². The summed E-state index contributed by atoms with van der Waals surface area (Å²) in [4.78, 5) is 15.8. The quantitative estimate of drug-likeness (QED) is 0.622. The predicted octanol–water partition coefficient (Wildman–Crippen LogP) is 4.45. The van der Waals surface area contributed by atoms with Crippen LogP contribution in [0.15, 0.2) is 48.7 Å². The number of nitrogens with one attached hydrogen (secondary N) is 2. The number of benzene rings is 2. The fourth-order valence-electron chi connectivity index (χ4n) is 2.13. The smallest absolute Gasteiger partial charge is 0.337 e. The van der Waals surface area contributed by atoms with Crippen molar-refractivity contribution in [2.45, 2.75) is 0 Å². The molecule has 0 bridgehead atoms. The second kappa shape index (κ2) is 7.99. The second-order valence-electron chi connectivity index (χ2n) is 5.14. The van der Waals surface area contributed by atoms with Gasteiger partial charge in [-0.3, -0.25) is 0 Å². The SMILES string of the molecule is COC(=O)c1ccc(Nc2nncc(Nc3cc(Cl)cc(Cl)c3)n2)cc1. The van der Waals surface area contributed by atoms with Crippen molar-refractivity contribution in [2.75, 3.05) is 17.7 Å². The number of ether oxygens (including phenoxy) is 1. The summed E-state index contributed by atoms with van der Waals surface area (Å²) < 4.78 is 4.66. The lowest BCUT2D eigenvalue weighted by molar-refractivity contribution is 0.0601. The largest absolute Gasteiger partial charge is 0.465 e. The van der Waals surface area contributed by atoms with Gasteiger partial charge in [-0.1, -0.05) is 23.2 Å². The molecule has 0 fully saturated rings. The Bertz CT molecular complexity index is 914.